The molecule has 17 heavy (non-hydrogen) atoms. The first-order valence-corrected chi connectivity index (χ1v) is 5.87. The van der Waals surface area contributed by atoms with Gasteiger partial charge in [0.15, 0.2) is 0 Å². The van der Waals surface area contributed by atoms with E-state index < -0.39 is 5.54 Å². The van der Waals surface area contributed by atoms with E-state index in [0.717, 1.165) is 5.69 Å². The number of benzene rings is 1. The molecule has 0 aliphatic heterocycles. The van der Waals surface area contributed by atoms with Crippen molar-refractivity contribution in [3.63, 3.8) is 0 Å². The van der Waals surface area contributed by atoms with Gasteiger partial charge >= 0.3 is 5.97 Å². The van der Waals surface area contributed by atoms with Gasteiger partial charge in [-0.1, -0.05) is 17.7 Å². The van der Waals surface area contributed by atoms with Crippen molar-refractivity contribution < 1.29 is 9.53 Å². The molecular weight excluding hydrogens is 214 g/mol. The van der Waals surface area contributed by atoms with E-state index in [1.165, 1.54) is 5.56 Å². The SMILES string of the molecule is CCOC(=O)C(C)(C)N(C)c1ccc(C)cc1. The number of rotatable bonds is 4. The molecule has 0 aliphatic rings. The van der Waals surface area contributed by atoms with E-state index in [1.54, 1.807) is 0 Å². The Labute approximate surface area is 103 Å². The molecule has 0 spiro atoms. The zero-order valence-corrected chi connectivity index (χ0v) is 11.3. The summed E-state index contributed by atoms with van der Waals surface area (Å²) in [6.07, 6.45) is 0. The Morgan fingerprint density at radius 1 is 1.29 bits per heavy atom. The van der Waals surface area contributed by atoms with Crippen molar-refractivity contribution in [3.8, 4) is 0 Å². The molecule has 0 fully saturated rings. The van der Waals surface area contributed by atoms with Crippen molar-refractivity contribution in [1.82, 2.24) is 0 Å². The predicted octanol–water partition coefficient (Wildman–Crippen LogP) is 2.77. The van der Waals surface area contributed by atoms with Gasteiger partial charge in [-0.25, -0.2) is 4.79 Å². The fourth-order valence-corrected chi connectivity index (χ4v) is 1.54. The van der Waals surface area contributed by atoms with E-state index in [0.29, 0.717) is 6.61 Å². The van der Waals surface area contributed by atoms with Gasteiger partial charge in [-0.2, -0.15) is 0 Å². The molecule has 0 unspecified atom stereocenters. The Morgan fingerprint density at radius 2 is 1.82 bits per heavy atom. The largest absolute Gasteiger partial charge is 0.464 e. The molecule has 0 aromatic heterocycles. The number of hydrogen-bond acceptors (Lipinski definition) is 3. The van der Waals surface area contributed by atoms with Crippen LogP contribution in [-0.2, 0) is 9.53 Å². The summed E-state index contributed by atoms with van der Waals surface area (Å²) in [4.78, 5) is 13.8. The van der Waals surface area contributed by atoms with Gasteiger partial charge < -0.3 is 9.64 Å². The van der Waals surface area contributed by atoms with Crippen LogP contribution in [0.4, 0.5) is 5.69 Å². The van der Waals surface area contributed by atoms with Crippen LogP contribution in [0.5, 0.6) is 0 Å². The molecule has 0 heterocycles. The Balaban J connectivity index is 2.91. The topological polar surface area (TPSA) is 29.5 Å². The lowest BCUT2D eigenvalue weighted by atomic mass is 10.0. The molecule has 1 aromatic carbocycles. The van der Waals surface area contributed by atoms with Crippen LogP contribution in [0.3, 0.4) is 0 Å². The van der Waals surface area contributed by atoms with Crippen LogP contribution in [-0.4, -0.2) is 25.2 Å². The third-order valence-electron chi connectivity index (χ3n) is 3.03. The maximum atomic E-state index is 11.9. The Hall–Kier alpha value is -1.51. The molecular formula is C14H21NO2. The lowest BCUT2D eigenvalue weighted by Gasteiger charge is -2.35. The average Bonchev–Trinajstić information content (AvgIpc) is 2.29. The second-order valence-electron chi connectivity index (χ2n) is 4.67. The third-order valence-corrected chi connectivity index (χ3v) is 3.03. The zero-order chi connectivity index (χ0) is 13.1. The summed E-state index contributed by atoms with van der Waals surface area (Å²) in [6.45, 7) is 8.00. The van der Waals surface area contributed by atoms with Gasteiger partial charge in [-0.05, 0) is 39.8 Å². The van der Waals surface area contributed by atoms with Crippen molar-refractivity contribution in [2.45, 2.75) is 33.2 Å². The molecule has 0 N–H and O–H groups in total. The van der Waals surface area contributed by atoms with Gasteiger partial charge in [0.2, 0.25) is 0 Å². The van der Waals surface area contributed by atoms with E-state index in [-0.39, 0.29) is 5.97 Å². The molecule has 0 amide bonds. The molecule has 94 valence electrons. The first kappa shape index (κ1) is 13.6. The average molecular weight is 235 g/mol. The van der Waals surface area contributed by atoms with Crippen LogP contribution >= 0.6 is 0 Å². The van der Waals surface area contributed by atoms with E-state index >= 15 is 0 Å². The van der Waals surface area contributed by atoms with Gasteiger partial charge in [0.05, 0.1) is 6.61 Å². The summed E-state index contributed by atoms with van der Waals surface area (Å²) in [6, 6.07) is 8.09. The fraction of sp³-hybridized carbons (Fsp3) is 0.500. The maximum absolute atomic E-state index is 11.9. The summed E-state index contributed by atoms with van der Waals surface area (Å²) in [5.74, 6) is -0.205. The van der Waals surface area contributed by atoms with Crippen LogP contribution in [0, 0.1) is 6.92 Å². The number of hydrogen-bond donors (Lipinski definition) is 0. The van der Waals surface area contributed by atoms with Crippen molar-refractivity contribution in [2.75, 3.05) is 18.6 Å². The second kappa shape index (κ2) is 5.21. The van der Waals surface area contributed by atoms with Crippen LogP contribution in [0.15, 0.2) is 24.3 Å². The van der Waals surface area contributed by atoms with Crippen molar-refractivity contribution >= 4 is 11.7 Å². The smallest absolute Gasteiger partial charge is 0.331 e. The van der Waals surface area contributed by atoms with Gasteiger partial charge in [0.25, 0.3) is 0 Å². The van der Waals surface area contributed by atoms with Crippen molar-refractivity contribution in [1.29, 1.82) is 0 Å². The molecule has 1 aromatic rings. The van der Waals surface area contributed by atoms with E-state index in [9.17, 15) is 4.79 Å². The lowest BCUT2D eigenvalue weighted by molar-refractivity contribution is -0.148. The summed E-state index contributed by atoms with van der Waals surface area (Å²) in [5, 5.41) is 0. The summed E-state index contributed by atoms with van der Waals surface area (Å²) in [7, 11) is 1.90. The molecule has 0 atom stereocenters. The van der Waals surface area contributed by atoms with Crippen LogP contribution in [0.2, 0.25) is 0 Å². The van der Waals surface area contributed by atoms with Gasteiger partial charge in [0.1, 0.15) is 5.54 Å². The Morgan fingerprint density at radius 3 is 2.29 bits per heavy atom. The number of anilines is 1. The fourth-order valence-electron chi connectivity index (χ4n) is 1.54. The van der Waals surface area contributed by atoms with E-state index in [2.05, 4.69) is 0 Å². The summed E-state index contributed by atoms with van der Waals surface area (Å²) < 4.78 is 5.09. The minimum absolute atomic E-state index is 0.205. The molecule has 3 heteroatoms. The predicted molar refractivity (Wildman–Crippen MR) is 70.3 cm³/mol. The maximum Gasteiger partial charge on any atom is 0.331 e. The number of carbonyl (C=O) groups is 1. The monoisotopic (exact) mass is 235 g/mol. The van der Waals surface area contributed by atoms with Gasteiger partial charge in [-0.3, -0.25) is 0 Å². The normalized spacial score (nSPS) is 11.1. The highest BCUT2D eigenvalue weighted by Crippen LogP contribution is 2.23. The first-order valence-electron chi connectivity index (χ1n) is 5.87. The van der Waals surface area contributed by atoms with Gasteiger partial charge in [0, 0.05) is 12.7 Å². The minimum Gasteiger partial charge on any atom is -0.464 e. The van der Waals surface area contributed by atoms with E-state index in [4.69, 9.17) is 4.74 Å². The number of likely N-dealkylation sites (N-methyl/N-ethyl adjacent to an activating group) is 1. The highest BCUT2D eigenvalue weighted by atomic mass is 16.5. The molecule has 3 nitrogen and oxygen atoms in total. The molecule has 0 radical (unpaired) electrons. The number of carbonyl (C=O) groups excluding carboxylic acids is 1. The zero-order valence-electron chi connectivity index (χ0n) is 11.3. The van der Waals surface area contributed by atoms with E-state index in [1.807, 2.05) is 63.9 Å². The summed E-state index contributed by atoms with van der Waals surface area (Å²) in [5.41, 5.74) is 1.55. The van der Waals surface area contributed by atoms with Crippen LogP contribution in [0.1, 0.15) is 26.3 Å². The van der Waals surface area contributed by atoms with Crippen molar-refractivity contribution in [2.24, 2.45) is 0 Å². The number of esters is 1. The highest BCUT2D eigenvalue weighted by Gasteiger charge is 2.33. The Bertz CT molecular complexity index is 382. The second-order valence-corrected chi connectivity index (χ2v) is 4.67. The lowest BCUT2D eigenvalue weighted by Crippen LogP contribution is -2.49. The summed E-state index contributed by atoms with van der Waals surface area (Å²) >= 11 is 0. The van der Waals surface area contributed by atoms with Crippen molar-refractivity contribution in [3.05, 3.63) is 29.8 Å². The Kier molecular flexibility index (Phi) is 4.16. The standard InChI is InChI=1S/C14H21NO2/c1-6-17-13(16)14(3,4)15(5)12-9-7-11(2)8-10-12/h7-10H,6H2,1-5H3. The third kappa shape index (κ3) is 2.99. The highest BCUT2D eigenvalue weighted by molar-refractivity contribution is 5.84. The molecule has 0 aliphatic carbocycles. The first-order chi connectivity index (χ1) is 7.89. The number of ether oxygens (including phenoxy) is 1. The number of aryl methyl sites for hydroxylation is 1. The quantitative estimate of drug-likeness (QED) is 0.752. The molecule has 0 saturated carbocycles. The number of nitrogens with zero attached hydrogens (tertiary/aromatic N) is 1. The minimum atomic E-state index is -0.661. The molecule has 0 bridgehead atoms. The van der Waals surface area contributed by atoms with Crippen LogP contribution in [0.25, 0.3) is 0 Å². The van der Waals surface area contributed by atoms with Crippen LogP contribution < -0.4 is 4.90 Å². The van der Waals surface area contributed by atoms with Gasteiger partial charge in [-0.15, -0.1) is 0 Å². The molecule has 1 rings (SSSR count). The molecule has 0 saturated heterocycles.